The molecule has 1 fully saturated rings. The first-order valence-corrected chi connectivity index (χ1v) is 9.68. The van der Waals surface area contributed by atoms with Gasteiger partial charge in [-0.15, -0.1) is 0 Å². The van der Waals surface area contributed by atoms with Crippen LogP contribution in [-0.2, 0) is 6.42 Å². The second-order valence-corrected chi connectivity index (χ2v) is 7.59. The number of hydrogen-bond donors (Lipinski definition) is 1. The van der Waals surface area contributed by atoms with Gasteiger partial charge in [-0.3, -0.25) is 0 Å². The molecule has 2 aromatic rings. The van der Waals surface area contributed by atoms with Gasteiger partial charge in [0.25, 0.3) is 0 Å². The van der Waals surface area contributed by atoms with E-state index < -0.39 is 0 Å². The number of unbranched alkanes of at least 4 members (excludes halogenated alkanes) is 3. The maximum absolute atomic E-state index is 4.75. The molecule has 1 N–H and O–H groups in total. The number of benzene rings is 1. The summed E-state index contributed by atoms with van der Waals surface area (Å²) in [6, 6.07) is 4.43. The highest BCUT2D eigenvalue weighted by atomic mass is 14.9. The van der Waals surface area contributed by atoms with E-state index >= 15 is 0 Å². The van der Waals surface area contributed by atoms with E-state index in [0.717, 1.165) is 23.7 Å². The third-order valence-electron chi connectivity index (χ3n) is 5.65. The van der Waals surface area contributed by atoms with E-state index in [-0.39, 0.29) is 0 Å². The first kappa shape index (κ1) is 16.5. The summed E-state index contributed by atoms with van der Waals surface area (Å²) in [5.41, 5.74) is 4.99. The minimum Gasteiger partial charge on any atom is -0.342 e. The van der Waals surface area contributed by atoms with Crippen LogP contribution in [0.15, 0.2) is 12.1 Å². The van der Waals surface area contributed by atoms with Gasteiger partial charge in [0.15, 0.2) is 0 Å². The molecule has 23 heavy (non-hydrogen) atoms. The van der Waals surface area contributed by atoms with Crippen LogP contribution in [0.25, 0.3) is 11.0 Å². The van der Waals surface area contributed by atoms with E-state index in [1.165, 1.54) is 80.9 Å². The normalized spacial score (nSPS) is 16.3. The second kappa shape index (κ2) is 7.99. The lowest BCUT2D eigenvalue weighted by atomic mass is 9.85. The molecule has 1 aliphatic rings. The van der Waals surface area contributed by atoms with Crippen molar-refractivity contribution in [2.75, 3.05) is 0 Å². The lowest BCUT2D eigenvalue weighted by Crippen LogP contribution is -2.05. The number of H-pyrrole nitrogens is 1. The number of nitrogens with one attached hydrogen (secondary N) is 1. The van der Waals surface area contributed by atoms with Crippen LogP contribution in [0.5, 0.6) is 0 Å². The quantitative estimate of drug-likeness (QED) is 0.601. The fraction of sp³-hybridized carbons (Fsp3) is 0.667. The number of hydrogen-bond acceptors (Lipinski definition) is 1. The average molecular weight is 313 g/mol. The van der Waals surface area contributed by atoms with Crippen molar-refractivity contribution in [3.05, 3.63) is 29.1 Å². The van der Waals surface area contributed by atoms with Crippen molar-refractivity contribution in [1.29, 1.82) is 0 Å². The Hall–Kier alpha value is -1.31. The standard InChI is InChI=1S/C21H32N2/c1-16-14-19-20(15-17(16)2)23-21(22-19)13-9-4-3-6-10-18-11-7-5-8-12-18/h14-15,18H,3-13H2,1-2H3,(H,22,23). The van der Waals surface area contributed by atoms with Crippen LogP contribution in [0, 0.1) is 19.8 Å². The van der Waals surface area contributed by atoms with Crippen molar-refractivity contribution in [2.45, 2.75) is 84.5 Å². The lowest BCUT2D eigenvalue weighted by molar-refractivity contribution is 0.328. The topological polar surface area (TPSA) is 28.7 Å². The Morgan fingerprint density at radius 3 is 2.52 bits per heavy atom. The summed E-state index contributed by atoms with van der Waals surface area (Å²) in [7, 11) is 0. The maximum atomic E-state index is 4.75. The van der Waals surface area contributed by atoms with E-state index in [1.807, 2.05) is 0 Å². The number of fused-ring (bicyclic) bond motifs is 1. The van der Waals surface area contributed by atoms with Crippen LogP contribution in [-0.4, -0.2) is 9.97 Å². The molecule has 0 spiro atoms. The lowest BCUT2D eigenvalue weighted by Gasteiger charge is -2.21. The van der Waals surface area contributed by atoms with Crippen LogP contribution < -0.4 is 0 Å². The smallest absolute Gasteiger partial charge is 0.107 e. The van der Waals surface area contributed by atoms with Gasteiger partial charge in [0.05, 0.1) is 11.0 Å². The molecule has 2 heteroatoms. The number of rotatable bonds is 7. The summed E-state index contributed by atoms with van der Waals surface area (Å²) >= 11 is 0. The monoisotopic (exact) mass is 312 g/mol. The molecule has 3 rings (SSSR count). The molecule has 1 aromatic carbocycles. The molecule has 1 aromatic heterocycles. The van der Waals surface area contributed by atoms with Crippen molar-refractivity contribution < 1.29 is 0 Å². The molecule has 0 saturated heterocycles. The van der Waals surface area contributed by atoms with Gasteiger partial charge in [-0.25, -0.2) is 4.98 Å². The van der Waals surface area contributed by atoms with Crippen LogP contribution in [0.3, 0.4) is 0 Å². The van der Waals surface area contributed by atoms with Gasteiger partial charge >= 0.3 is 0 Å². The Bertz CT molecular complexity index is 581. The Morgan fingerprint density at radius 2 is 1.70 bits per heavy atom. The van der Waals surface area contributed by atoms with Crippen LogP contribution in [0.4, 0.5) is 0 Å². The molecule has 1 aliphatic carbocycles. The largest absolute Gasteiger partial charge is 0.342 e. The zero-order valence-corrected chi connectivity index (χ0v) is 15.0. The van der Waals surface area contributed by atoms with Gasteiger partial charge in [-0.1, -0.05) is 57.8 Å². The predicted molar refractivity (Wildman–Crippen MR) is 98.9 cm³/mol. The molecule has 1 saturated carbocycles. The van der Waals surface area contributed by atoms with Crippen molar-refractivity contribution >= 4 is 11.0 Å². The maximum Gasteiger partial charge on any atom is 0.107 e. The van der Waals surface area contributed by atoms with Gasteiger partial charge in [-0.2, -0.15) is 0 Å². The van der Waals surface area contributed by atoms with Crippen LogP contribution >= 0.6 is 0 Å². The number of imidazole rings is 1. The summed E-state index contributed by atoms with van der Waals surface area (Å²) in [6.07, 6.45) is 15.5. The van der Waals surface area contributed by atoms with Crippen LogP contribution in [0.1, 0.15) is 81.2 Å². The Kier molecular flexibility index (Phi) is 5.75. The first-order valence-electron chi connectivity index (χ1n) is 9.68. The fourth-order valence-electron chi connectivity index (χ4n) is 4.00. The van der Waals surface area contributed by atoms with Crippen molar-refractivity contribution in [1.82, 2.24) is 9.97 Å². The molecule has 0 bridgehead atoms. The van der Waals surface area contributed by atoms with E-state index in [9.17, 15) is 0 Å². The molecule has 126 valence electrons. The van der Waals surface area contributed by atoms with E-state index in [1.54, 1.807) is 0 Å². The van der Waals surface area contributed by atoms with Gasteiger partial charge < -0.3 is 4.98 Å². The third-order valence-corrected chi connectivity index (χ3v) is 5.65. The van der Waals surface area contributed by atoms with Crippen LogP contribution in [0.2, 0.25) is 0 Å². The van der Waals surface area contributed by atoms with Gasteiger partial charge in [-0.05, 0) is 49.4 Å². The summed E-state index contributed by atoms with van der Waals surface area (Å²) in [6.45, 7) is 4.33. The Morgan fingerprint density at radius 1 is 0.957 bits per heavy atom. The Balaban J connectivity index is 1.37. The van der Waals surface area contributed by atoms with Gasteiger partial charge in [0.2, 0.25) is 0 Å². The van der Waals surface area contributed by atoms with E-state index in [0.29, 0.717) is 0 Å². The van der Waals surface area contributed by atoms with Crippen molar-refractivity contribution in [3.8, 4) is 0 Å². The summed E-state index contributed by atoms with van der Waals surface area (Å²) in [5, 5.41) is 0. The summed E-state index contributed by atoms with van der Waals surface area (Å²) < 4.78 is 0. The number of aryl methyl sites for hydroxylation is 3. The number of nitrogens with zero attached hydrogens (tertiary/aromatic N) is 1. The molecular weight excluding hydrogens is 280 g/mol. The molecule has 0 atom stereocenters. The minimum absolute atomic E-state index is 1.05. The highest BCUT2D eigenvalue weighted by Gasteiger charge is 2.12. The SMILES string of the molecule is Cc1cc2nc(CCCCCCC3CCCCC3)[nH]c2cc1C. The molecule has 0 radical (unpaired) electrons. The summed E-state index contributed by atoms with van der Waals surface area (Å²) in [4.78, 5) is 8.25. The zero-order valence-electron chi connectivity index (χ0n) is 15.0. The average Bonchev–Trinajstić information content (AvgIpc) is 2.94. The minimum atomic E-state index is 1.05. The van der Waals surface area contributed by atoms with Gasteiger partial charge in [0.1, 0.15) is 5.82 Å². The number of aromatic amines is 1. The second-order valence-electron chi connectivity index (χ2n) is 7.59. The molecule has 1 heterocycles. The molecule has 0 aliphatic heterocycles. The zero-order chi connectivity index (χ0) is 16.1. The van der Waals surface area contributed by atoms with E-state index in [4.69, 9.17) is 4.98 Å². The summed E-state index contributed by atoms with van der Waals surface area (Å²) in [5.74, 6) is 2.21. The molecular formula is C21H32N2. The fourth-order valence-corrected chi connectivity index (χ4v) is 4.00. The third kappa shape index (κ3) is 4.59. The van der Waals surface area contributed by atoms with Crippen molar-refractivity contribution in [3.63, 3.8) is 0 Å². The predicted octanol–water partition coefficient (Wildman–Crippen LogP) is 6.25. The highest BCUT2D eigenvalue weighted by Crippen LogP contribution is 2.28. The van der Waals surface area contributed by atoms with E-state index in [2.05, 4.69) is 31.0 Å². The molecule has 2 nitrogen and oxygen atoms in total. The highest BCUT2D eigenvalue weighted by molar-refractivity contribution is 5.77. The Labute approximate surface area is 141 Å². The number of aromatic nitrogens is 2. The first-order chi connectivity index (χ1) is 11.2. The molecule has 0 unspecified atom stereocenters. The van der Waals surface area contributed by atoms with Gasteiger partial charge in [0, 0.05) is 6.42 Å². The van der Waals surface area contributed by atoms with Crippen molar-refractivity contribution in [2.24, 2.45) is 5.92 Å². The molecule has 0 amide bonds.